The second-order valence-corrected chi connectivity index (χ2v) is 8.49. The summed E-state index contributed by atoms with van der Waals surface area (Å²) in [7, 11) is -3.48. The molecule has 2 aromatic carbocycles. The van der Waals surface area contributed by atoms with E-state index in [2.05, 4.69) is 5.32 Å². The first-order valence-electron chi connectivity index (χ1n) is 9.36. The third-order valence-corrected chi connectivity index (χ3v) is 6.56. The first-order chi connectivity index (χ1) is 13.3. The van der Waals surface area contributed by atoms with Crippen molar-refractivity contribution >= 4 is 15.9 Å². The summed E-state index contributed by atoms with van der Waals surface area (Å²) >= 11 is 0. The summed E-state index contributed by atoms with van der Waals surface area (Å²) in [5.41, 5.74) is 1.94. The number of nitrogens with zero attached hydrogens (tertiary/aromatic N) is 1. The van der Waals surface area contributed by atoms with E-state index in [0.29, 0.717) is 18.8 Å². The quantitative estimate of drug-likeness (QED) is 0.696. The molecule has 0 radical (unpaired) electrons. The Morgan fingerprint density at radius 1 is 1.04 bits per heavy atom. The van der Waals surface area contributed by atoms with Crippen LogP contribution in [-0.4, -0.2) is 38.3 Å². The largest absolute Gasteiger partial charge is 0.484 e. The van der Waals surface area contributed by atoms with Crippen LogP contribution in [-0.2, 0) is 14.8 Å². The molecule has 7 heteroatoms. The molecule has 1 unspecified atom stereocenters. The summed E-state index contributed by atoms with van der Waals surface area (Å²) in [6.07, 6.45) is 0. The molecule has 0 saturated heterocycles. The molecule has 2 aromatic rings. The van der Waals surface area contributed by atoms with Crippen LogP contribution in [0.25, 0.3) is 0 Å². The van der Waals surface area contributed by atoms with Gasteiger partial charge in [-0.1, -0.05) is 43.7 Å². The average molecular weight is 405 g/mol. The number of aryl methyl sites for hydroxylation is 1. The van der Waals surface area contributed by atoms with Gasteiger partial charge in [0, 0.05) is 13.1 Å². The number of ether oxygens (including phenoxy) is 1. The highest BCUT2D eigenvalue weighted by Crippen LogP contribution is 2.19. The number of rotatable bonds is 9. The standard InChI is InChI=1S/C21H28N2O4S/c1-5-23(6-2)28(25,26)20-13-9-18(10-14-20)17(4)22-21(24)15-27-19-11-7-16(3)8-12-19/h7-14,17H,5-6,15H2,1-4H3,(H,22,24). The van der Waals surface area contributed by atoms with Gasteiger partial charge < -0.3 is 10.1 Å². The lowest BCUT2D eigenvalue weighted by Gasteiger charge is -2.19. The maximum atomic E-state index is 12.5. The minimum Gasteiger partial charge on any atom is -0.484 e. The van der Waals surface area contributed by atoms with Crippen molar-refractivity contribution < 1.29 is 17.9 Å². The third-order valence-electron chi connectivity index (χ3n) is 4.49. The molecule has 1 N–H and O–H groups in total. The van der Waals surface area contributed by atoms with Gasteiger partial charge >= 0.3 is 0 Å². The lowest BCUT2D eigenvalue weighted by atomic mass is 10.1. The van der Waals surface area contributed by atoms with E-state index in [-0.39, 0.29) is 23.5 Å². The van der Waals surface area contributed by atoms with Gasteiger partial charge in [-0.2, -0.15) is 4.31 Å². The Labute approximate surface area is 167 Å². The number of carbonyl (C=O) groups excluding carboxylic acids is 1. The number of nitrogens with one attached hydrogen (secondary N) is 1. The van der Waals surface area contributed by atoms with E-state index in [1.54, 1.807) is 24.3 Å². The second kappa shape index (κ2) is 9.71. The van der Waals surface area contributed by atoms with Crippen LogP contribution in [0.4, 0.5) is 0 Å². The molecule has 6 nitrogen and oxygen atoms in total. The Hall–Kier alpha value is -2.38. The molecule has 0 fully saturated rings. The SMILES string of the molecule is CCN(CC)S(=O)(=O)c1ccc(C(C)NC(=O)COc2ccc(C)cc2)cc1. The summed E-state index contributed by atoms with van der Waals surface area (Å²) in [5.74, 6) is 0.396. The second-order valence-electron chi connectivity index (χ2n) is 6.55. The summed E-state index contributed by atoms with van der Waals surface area (Å²) in [6.45, 7) is 8.22. The van der Waals surface area contributed by atoms with E-state index in [9.17, 15) is 13.2 Å². The Balaban J connectivity index is 1.95. The fraction of sp³-hybridized carbons (Fsp3) is 0.381. The van der Waals surface area contributed by atoms with Crippen LogP contribution in [0, 0.1) is 6.92 Å². The van der Waals surface area contributed by atoms with Gasteiger partial charge in [0.2, 0.25) is 10.0 Å². The highest BCUT2D eigenvalue weighted by atomic mass is 32.2. The van der Waals surface area contributed by atoms with E-state index >= 15 is 0 Å². The van der Waals surface area contributed by atoms with Crippen LogP contribution >= 0.6 is 0 Å². The van der Waals surface area contributed by atoms with Crippen LogP contribution in [0.1, 0.15) is 37.9 Å². The molecule has 2 rings (SSSR count). The van der Waals surface area contributed by atoms with E-state index in [1.165, 1.54) is 4.31 Å². The first kappa shape index (κ1) is 21.9. The molecule has 0 bridgehead atoms. The van der Waals surface area contributed by atoms with Crippen molar-refractivity contribution in [2.75, 3.05) is 19.7 Å². The molecule has 0 aliphatic carbocycles. The van der Waals surface area contributed by atoms with Crippen molar-refractivity contribution in [1.82, 2.24) is 9.62 Å². The van der Waals surface area contributed by atoms with Gasteiger partial charge in [-0.25, -0.2) is 8.42 Å². The Morgan fingerprint density at radius 2 is 1.61 bits per heavy atom. The van der Waals surface area contributed by atoms with Crippen molar-refractivity contribution in [3.8, 4) is 5.75 Å². The van der Waals surface area contributed by atoms with Gasteiger partial charge in [-0.3, -0.25) is 4.79 Å². The number of amides is 1. The van der Waals surface area contributed by atoms with Gasteiger partial charge in [0.1, 0.15) is 5.75 Å². The number of benzene rings is 2. The molecular weight excluding hydrogens is 376 g/mol. The lowest BCUT2D eigenvalue weighted by Crippen LogP contribution is -2.31. The third kappa shape index (κ3) is 5.56. The topological polar surface area (TPSA) is 75.7 Å². The molecule has 1 amide bonds. The maximum absolute atomic E-state index is 12.5. The van der Waals surface area contributed by atoms with Gasteiger partial charge in [-0.15, -0.1) is 0 Å². The monoisotopic (exact) mass is 404 g/mol. The lowest BCUT2D eigenvalue weighted by molar-refractivity contribution is -0.123. The minimum absolute atomic E-state index is 0.0815. The fourth-order valence-corrected chi connectivity index (χ4v) is 4.25. The Bertz CT molecular complexity index is 874. The van der Waals surface area contributed by atoms with E-state index in [0.717, 1.165) is 11.1 Å². The summed E-state index contributed by atoms with van der Waals surface area (Å²) in [6, 6.07) is 13.8. The molecule has 0 aliphatic heterocycles. The normalized spacial score (nSPS) is 12.6. The van der Waals surface area contributed by atoms with Crippen LogP contribution in [0.3, 0.4) is 0 Å². The zero-order valence-corrected chi connectivity index (χ0v) is 17.6. The first-order valence-corrected chi connectivity index (χ1v) is 10.8. The highest BCUT2D eigenvalue weighted by molar-refractivity contribution is 7.89. The summed E-state index contributed by atoms with van der Waals surface area (Å²) < 4.78 is 32.0. The van der Waals surface area contributed by atoms with Crippen molar-refractivity contribution in [1.29, 1.82) is 0 Å². The van der Waals surface area contributed by atoms with Crippen LogP contribution in [0.5, 0.6) is 5.75 Å². The molecule has 0 aliphatic rings. The predicted octanol–water partition coefficient (Wildman–Crippen LogP) is 3.28. The van der Waals surface area contributed by atoms with Crippen molar-refractivity contribution in [3.05, 3.63) is 59.7 Å². The zero-order valence-electron chi connectivity index (χ0n) is 16.8. The fourth-order valence-electron chi connectivity index (χ4n) is 2.79. The zero-order chi connectivity index (χ0) is 20.7. The molecular formula is C21H28N2O4S. The smallest absolute Gasteiger partial charge is 0.258 e. The predicted molar refractivity (Wildman–Crippen MR) is 110 cm³/mol. The number of hydrogen-bond donors (Lipinski definition) is 1. The van der Waals surface area contributed by atoms with Gasteiger partial charge in [-0.05, 0) is 43.7 Å². The van der Waals surface area contributed by atoms with Gasteiger partial charge in [0.25, 0.3) is 5.91 Å². The molecule has 0 aromatic heterocycles. The average Bonchev–Trinajstić information content (AvgIpc) is 2.68. The minimum atomic E-state index is -3.48. The molecule has 0 heterocycles. The van der Waals surface area contributed by atoms with Crippen LogP contribution in [0.2, 0.25) is 0 Å². The summed E-state index contributed by atoms with van der Waals surface area (Å²) in [5, 5.41) is 2.86. The Morgan fingerprint density at radius 3 is 2.14 bits per heavy atom. The van der Waals surface area contributed by atoms with Crippen molar-refractivity contribution in [2.45, 2.75) is 38.6 Å². The number of carbonyl (C=O) groups is 1. The van der Waals surface area contributed by atoms with Crippen LogP contribution < -0.4 is 10.1 Å². The van der Waals surface area contributed by atoms with E-state index in [1.807, 2.05) is 52.0 Å². The molecule has 0 saturated carbocycles. The molecule has 0 spiro atoms. The van der Waals surface area contributed by atoms with Gasteiger partial charge in [0.05, 0.1) is 10.9 Å². The Kier molecular flexibility index (Phi) is 7.60. The summed E-state index contributed by atoms with van der Waals surface area (Å²) in [4.78, 5) is 12.4. The van der Waals surface area contributed by atoms with Crippen LogP contribution in [0.15, 0.2) is 53.4 Å². The molecule has 1 atom stereocenters. The van der Waals surface area contributed by atoms with E-state index in [4.69, 9.17) is 4.74 Å². The maximum Gasteiger partial charge on any atom is 0.258 e. The van der Waals surface area contributed by atoms with E-state index < -0.39 is 10.0 Å². The molecule has 28 heavy (non-hydrogen) atoms. The van der Waals surface area contributed by atoms with Gasteiger partial charge in [0.15, 0.2) is 6.61 Å². The highest BCUT2D eigenvalue weighted by Gasteiger charge is 2.21. The van der Waals surface area contributed by atoms with Crippen molar-refractivity contribution in [2.24, 2.45) is 0 Å². The van der Waals surface area contributed by atoms with Crippen molar-refractivity contribution in [3.63, 3.8) is 0 Å². The number of hydrogen-bond acceptors (Lipinski definition) is 4. The molecule has 152 valence electrons. The number of sulfonamides is 1.